The summed E-state index contributed by atoms with van der Waals surface area (Å²) in [6.07, 6.45) is 3.13. The van der Waals surface area contributed by atoms with Gasteiger partial charge < -0.3 is 0 Å². The predicted octanol–water partition coefficient (Wildman–Crippen LogP) is 4.24. The first-order chi connectivity index (χ1) is 11.2. The number of hydrogen-bond acceptors (Lipinski definition) is 6. The smallest absolute Gasteiger partial charge is 0.259 e. The van der Waals surface area contributed by atoms with Crippen LogP contribution in [0.3, 0.4) is 0 Å². The molecule has 0 aliphatic heterocycles. The van der Waals surface area contributed by atoms with Crippen LogP contribution in [0, 0.1) is 0 Å². The summed E-state index contributed by atoms with van der Waals surface area (Å²) in [5.41, 5.74) is 1.69. The average Bonchev–Trinajstić information content (AvgIpc) is 3.01. The Morgan fingerprint density at radius 3 is 2.83 bits per heavy atom. The van der Waals surface area contributed by atoms with Crippen molar-refractivity contribution in [3.63, 3.8) is 0 Å². The monoisotopic (exact) mass is 406 g/mol. The van der Waals surface area contributed by atoms with E-state index in [0.717, 1.165) is 14.6 Å². The molecule has 1 amide bonds. The number of amides is 1. The SMILES string of the molecule is O=C(Nc1nnc(SCc2ccccc2)s1)c1cncc(Br)c1. The van der Waals surface area contributed by atoms with E-state index in [1.807, 2.05) is 18.2 Å². The molecule has 23 heavy (non-hydrogen) atoms. The minimum Gasteiger partial charge on any atom is -0.296 e. The molecule has 0 atom stereocenters. The van der Waals surface area contributed by atoms with Gasteiger partial charge in [-0.2, -0.15) is 0 Å². The second kappa shape index (κ2) is 7.67. The van der Waals surface area contributed by atoms with Crippen molar-refractivity contribution in [1.29, 1.82) is 0 Å². The van der Waals surface area contributed by atoms with E-state index in [4.69, 9.17) is 0 Å². The molecular weight excluding hydrogens is 396 g/mol. The number of nitrogens with one attached hydrogen (secondary N) is 1. The number of halogens is 1. The molecule has 1 N–H and O–H groups in total. The lowest BCUT2D eigenvalue weighted by molar-refractivity contribution is 0.102. The minimum atomic E-state index is -0.255. The second-order valence-corrected chi connectivity index (χ2v) is 7.61. The van der Waals surface area contributed by atoms with Crippen molar-refractivity contribution < 1.29 is 4.79 Å². The van der Waals surface area contributed by atoms with Gasteiger partial charge in [-0.25, -0.2) is 0 Å². The van der Waals surface area contributed by atoms with Crippen molar-refractivity contribution in [2.24, 2.45) is 0 Å². The fraction of sp³-hybridized carbons (Fsp3) is 0.0667. The maximum Gasteiger partial charge on any atom is 0.259 e. The molecule has 1 aromatic carbocycles. The molecule has 0 saturated carbocycles. The van der Waals surface area contributed by atoms with Gasteiger partial charge in [-0.1, -0.05) is 53.4 Å². The van der Waals surface area contributed by atoms with Gasteiger partial charge in [-0.05, 0) is 27.6 Å². The molecular formula is C15H11BrN4OS2. The Morgan fingerprint density at radius 2 is 2.04 bits per heavy atom. The van der Waals surface area contributed by atoms with Crippen LogP contribution in [0.4, 0.5) is 5.13 Å². The number of carbonyl (C=O) groups excluding carboxylic acids is 1. The lowest BCUT2D eigenvalue weighted by Crippen LogP contribution is -2.11. The van der Waals surface area contributed by atoms with E-state index in [2.05, 4.69) is 48.6 Å². The van der Waals surface area contributed by atoms with Gasteiger partial charge in [0.25, 0.3) is 5.91 Å². The first kappa shape index (κ1) is 16.1. The third-order valence-electron chi connectivity index (χ3n) is 2.80. The van der Waals surface area contributed by atoms with Crippen LogP contribution in [0.15, 0.2) is 57.6 Å². The minimum absolute atomic E-state index is 0.255. The zero-order chi connectivity index (χ0) is 16.1. The number of nitrogens with zero attached hydrogens (tertiary/aromatic N) is 3. The maximum absolute atomic E-state index is 12.1. The number of hydrogen-bond donors (Lipinski definition) is 1. The summed E-state index contributed by atoms with van der Waals surface area (Å²) in [6, 6.07) is 11.8. The van der Waals surface area contributed by atoms with Crippen LogP contribution in [0.2, 0.25) is 0 Å². The molecule has 3 rings (SSSR count). The normalized spacial score (nSPS) is 10.5. The molecule has 2 heterocycles. The molecule has 0 spiro atoms. The molecule has 8 heteroatoms. The number of pyridine rings is 1. The highest BCUT2D eigenvalue weighted by atomic mass is 79.9. The topological polar surface area (TPSA) is 67.8 Å². The van der Waals surface area contributed by atoms with Crippen molar-refractivity contribution >= 4 is 50.1 Å². The van der Waals surface area contributed by atoms with E-state index < -0.39 is 0 Å². The highest BCUT2D eigenvalue weighted by Gasteiger charge is 2.11. The lowest BCUT2D eigenvalue weighted by Gasteiger charge is -2.00. The molecule has 0 aliphatic carbocycles. The summed E-state index contributed by atoms with van der Waals surface area (Å²) < 4.78 is 1.57. The Morgan fingerprint density at radius 1 is 1.22 bits per heavy atom. The number of anilines is 1. The van der Waals surface area contributed by atoms with Gasteiger partial charge in [0.1, 0.15) is 0 Å². The highest BCUT2D eigenvalue weighted by Crippen LogP contribution is 2.28. The van der Waals surface area contributed by atoms with Crippen LogP contribution in [0.5, 0.6) is 0 Å². The fourth-order valence-electron chi connectivity index (χ4n) is 1.74. The van der Waals surface area contributed by atoms with E-state index in [1.54, 1.807) is 24.0 Å². The summed E-state index contributed by atoms with van der Waals surface area (Å²) in [6.45, 7) is 0. The summed E-state index contributed by atoms with van der Waals surface area (Å²) in [7, 11) is 0. The number of aromatic nitrogens is 3. The Hall–Kier alpha value is -1.77. The second-order valence-electron chi connectivity index (χ2n) is 4.49. The first-order valence-corrected chi connectivity index (χ1v) is 9.22. The Kier molecular flexibility index (Phi) is 5.37. The van der Waals surface area contributed by atoms with Gasteiger partial charge in [0.2, 0.25) is 5.13 Å². The Balaban J connectivity index is 1.60. The van der Waals surface area contributed by atoms with Crippen LogP contribution < -0.4 is 5.32 Å². The maximum atomic E-state index is 12.1. The van der Waals surface area contributed by atoms with Crippen molar-refractivity contribution in [1.82, 2.24) is 15.2 Å². The van der Waals surface area contributed by atoms with E-state index in [0.29, 0.717) is 10.7 Å². The summed E-state index contributed by atoms with van der Waals surface area (Å²) in [5, 5.41) is 11.3. The predicted molar refractivity (Wildman–Crippen MR) is 95.8 cm³/mol. The fourth-order valence-corrected chi connectivity index (χ4v) is 3.81. The zero-order valence-corrected chi connectivity index (χ0v) is 15.0. The quantitative estimate of drug-likeness (QED) is 0.506. The van der Waals surface area contributed by atoms with Crippen molar-refractivity contribution in [2.75, 3.05) is 5.32 Å². The van der Waals surface area contributed by atoms with Crippen LogP contribution >= 0.6 is 39.0 Å². The summed E-state index contributed by atoms with van der Waals surface area (Å²) in [5.74, 6) is 0.563. The van der Waals surface area contributed by atoms with E-state index in [1.165, 1.54) is 23.1 Å². The van der Waals surface area contributed by atoms with Gasteiger partial charge in [0.15, 0.2) is 4.34 Å². The van der Waals surface area contributed by atoms with Crippen LogP contribution in [-0.2, 0) is 5.75 Å². The summed E-state index contributed by atoms with van der Waals surface area (Å²) >= 11 is 6.24. The van der Waals surface area contributed by atoms with Crippen molar-refractivity contribution in [2.45, 2.75) is 10.1 Å². The van der Waals surface area contributed by atoms with Gasteiger partial charge in [-0.3, -0.25) is 15.1 Å². The molecule has 2 aromatic heterocycles. The molecule has 0 bridgehead atoms. The number of rotatable bonds is 5. The molecule has 0 saturated heterocycles. The van der Waals surface area contributed by atoms with E-state index in [-0.39, 0.29) is 5.91 Å². The first-order valence-electron chi connectivity index (χ1n) is 6.63. The largest absolute Gasteiger partial charge is 0.296 e. The van der Waals surface area contributed by atoms with Gasteiger partial charge in [0, 0.05) is 22.6 Å². The number of thioether (sulfide) groups is 1. The molecule has 0 fully saturated rings. The van der Waals surface area contributed by atoms with Crippen LogP contribution in [0.1, 0.15) is 15.9 Å². The zero-order valence-electron chi connectivity index (χ0n) is 11.8. The van der Waals surface area contributed by atoms with Gasteiger partial charge >= 0.3 is 0 Å². The molecule has 0 radical (unpaired) electrons. The molecule has 0 aliphatic rings. The molecule has 0 unspecified atom stereocenters. The number of carbonyl (C=O) groups is 1. The third kappa shape index (κ3) is 4.60. The van der Waals surface area contributed by atoms with E-state index in [9.17, 15) is 4.79 Å². The summed E-state index contributed by atoms with van der Waals surface area (Å²) in [4.78, 5) is 16.1. The van der Waals surface area contributed by atoms with Crippen LogP contribution in [-0.4, -0.2) is 21.1 Å². The number of benzene rings is 1. The molecule has 5 nitrogen and oxygen atoms in total. The third-order valence-corrected chi connectivity index (χ3v) is 5.28. The molecule has 3 aromatic rings. The Bertz CT molecular complexity index is 810. The van der Waals surface area contributed by atoms with E-state index >= 15 is 0 Å². The molecule has 116 valence electrons. The van der Waals surface area contributed by atoms with Gasteiger partial charge in [-0.15, -0.1) is 10.2 Å². The standard InChI is InChI=1S/C15H11BrN4OS2/c16-12-6-11(7-17-8-12)13(21)18-14-19-20-15(23-14)22-9-10-4-2-1-3-5-10/h1-8H,9H2,(H,18,19,21). The highest BCUT2D eigenvalue weighted by molar-refractivity contribution is 9.10. The Labute approximate surface area is 149 Å². The van der Waals surface area contributed by atoms with Crippen LogP contribution in [0.25, 0.3) is 0 Å². The van der Waals surface area contributed by atoms with Gasteiger partial charge in [0.05, 0.1) is 5.56 Å². The average molecular weight is 407 g/mol. The lowest BCUT2D eigenvalue weighted by atomic mass is 10.2. The van der Waals surface area contributed by atoms with Crippen molar-refractivity contribution in [3.05, 3.63) is 64.4 Å². The van der Waals surface area contributed by atoms with Crippen molar-refractivity contribution in [3.8, 4) is 0 Å².